The Labute approximate surface area is 118 Å². The highest BCUT2D eigenvalue weighted by molar-refractivity contribution is 9.10. The Morgan fingerprint density at radius 3 is 2.42 bits per heavy atom. The summed E-state index contributed by atoms with van der Waals surface area (Å²) in [5.74, 6) is -0.663. The third-order valence-corrected chi connectivity index (χ3v) is 3.96. The van der Waals surface area contributed by atoms with Gasteiger partial charge in [0.15, 0.2) is 5.76 Å². The molecule has 0 atom stereocenters. The Morgan fingerprint density at radius 2 is 1.84 bits per heavy atom. The zero-order valence-corrected chi connectivity index (χ0v) is 11.9. The molecule has 2 N–H and O–H groups in total. The molecule has 2 aromatic rings. The molecule has 6 nitrogen and oxygen atoms in total. The number of hydrazine groups is 1. The lowest BCUT2D eigenvalue weighted by atomic mass is 10.4. The van der Waals surface area contributed by atoms with Crippen molar-refractivity contribution in [1.82, 2.24) is 10.3 Å². The molecule has 0 aliphatic rings. The predicted molar refractivity (Wildman–Crippen MR) is 70.6 cm³/mol. The molecule has 0 spiro atoms. The standard InChI is InChI=1S/C11H9BrN2O4S/c12-8-3-5-9(6-4-8)19(16,17)14-13-11(15)10-2-1-7-18-10/h1-7,14H,(H,13,15). The Kier molecular flexibility index (Phi) is 4.03. The van der Waals surface area contributed by atoms with E-state index in [0.717, 1.165) is 4.47 Å². The Morgan fingerprint density at radius 1 is 1.16 bits per heavy atom. The fourth-order valence-corrected chi connectivity index (χ4v) is 2.36. The van der Waals surface area contributed by atoms with Crippen LogP contribution in [0.25, 0.3) is 0 Å². The molecule has 0 aliphatic carbocycles. The van der Waals surface area contributed by atoms with Gasteiger partial charge in [-0.2, -0.15) is 0 Å². The van der Waals surface area contributed by atoms with E-state index in [1.807, 2.05) is 4.83 Å². The number of amides is 1. The van der Waals surface area contributed by atoms with Gasteiger partial charge in [-0.15, -0.1) is 4.83 Å². The second-order valence-corrected chi connectivity index (χ2v) is 6.09. The second kappa shape index (κ2) is 5.55. The van der Waals surface area contributed by atoms with E-state index in [0.29, 0.717) is 0 Å². The Bertz CT molecular complexity index is 665. The molecule has 0 aliphatic heterocycles. The Balaban J connectivity index is 2.06. The molecule has 1 heterocycles. The van der Waals surface area contributed by atoms with Gasteiger partial charge in [-0.25, -0.2) is 8.42 Å². The first kappa shape index (κ1) is 13.8. The number of hydrogen-bond donors (Lipinski definition) is 2. The summed E-state index contributed by atoms with van der Waals surface area (Å²) in [5.41, 5.74) is 2.06. The molecule has 19 heavy (non-hydrogen) atoms. The lowest BCUT2D eigenvalue weighted by molar-refractivity contribution is 0.0917. The van der Waals surface area contributed by atoms with Gasteiger partial charge < -0.3 is 4.42 Å². The van der Waals surface area contributed by atoms with Crippen molar-refractivity contribution in [2.24, 2.45) is 0 Å². The smallest absolute Gasteiger partial charge is 0.301 e. The number of rotatable bonds is 4. The van der Waals surface area contributed by atoms with E-state index in [1.165, 1.54) is 30.5 Å². The highest BCUT2D eigenvalue weighted by Crippen LogP contribution is 2.14. The van der Waals surface area contributed by atoms with Crippen LogP contribution in [0.15, 0.2) is 56.4 Å². The average Bonchev–Trinajstić information content (AvgIpc) is 2.90. The van der Waals surface area contributed by atoms with Gasteiger partial charge in [-0.05, 0) is 36.4 Å². The molecule has 1 aromatic carbocycles. The predicted octanol–water partition coefficient (Wildman–Crippen LogP) is 1.67. The minimum absolute atomic E-state index is 0.0125. The van der Waals surface area contributed by atoms with Crippen molar-refractivity contribution in [1.29, 1.82) is 0 Å². The van der Waals surface area contributed by atoms with E-state index < -0.39 is 15.9 Å². The molecule has 1 aromatic heterocycles. The van der Waals surface area contributed by atoms with Crippen molar-refractivity contribution in [2.75, 3.05) is 0 Å². The van der Waals surface area contributed by atoms with Crippen LogP contribution < -0.4 is 10.3 Å². The van der Waals surface area contributed by atoms with Crippen molar-refractivity contribution in [3.05, 3.63) is 52.9 Å². The fourth-order valence-electron chi connectivity index (χ4n) is 1.26. The van der Waals surface area contributed by atoms with E-state index in [2.05, 4.69) is 21.4 Å². The minimum Gasteiger partial charge on any atom is -0.459 e. The SMILES string of the molecule is O=C(NNS(=O)(=O)c1ccc(Br)cc1)c1ccco1. The lowest BCUT2D eigenvalue weighted by Gasteiger charge is -2.07. The summed E-state index contributed by atoms with van der Waals surface area (Å²) in [7, 11) is -3.81. The van der Waals surface area contributed by atoms with Crippen LogP contribution in [-0.2, 0) is 10.0 Å². The number of benzene rings is 1. The molecule has 0 saturated carbocycles. The molecule has 0 bridgehead atoms. The first-order valence-electron chi connectivity index (χ1n) is 5.10. The molecular weight excluding hydrogens is 336 g/mol. The number of carbonyl (C=O) groups is 1. The summed E-state index contributed by atoms with van der Waals surface area (Å²) in [6.45, 7) is 0. The van der Waals surface area contributed by atoms with Gasteiger partial charge in [0, 0.05) is 4.47 Å². The van der Waals surface area contributed by atoms with Gasteiger partial charge in [0.05, 0.1) is 11.2 Å². The van der Waals surface area contributed by atoms with Crippen LogP contribution in [0.2, 0.25) is 0 Å². The van der Waals surface area contributed by atoms with Gasteiger partial charge in [-0.1, -0.05) is 15.9 Å². The van der Waals surface area contributed by atoms with Crippen molar-refractivity contribution < 1.29 is 17.6 Å². The van der Waals surface area contributed by atoms with Crippen molar-refractivity contribution in [3.63, 3.8) is 0 Å². The van der Waals surface area contributed by atoms with Crippen LogP contribution >= 0.6 is 15.9 Å². The monoisotopic (exact) mass is 344 g/mol. The third kappa shape index (κ3) is 3.43. The summed E-state index contributed by atoms with van der Waals surface area (Å²) >= 11 is 3.20. The largest absolute Gasteiger partial charge is 0.459 e. The van der Waals surface area contributed by atoms with Crippen LogP contribution in [0.5, 0.6) is 0 Å². The van der Waals surface area contributed by atoms with Crippen molar-refractivity contribution in [2.45, 2.75) is 4.90 Å². The summed E-state index contributed by atoms with van der Waals surface area (Å²) in [4.78, 5) is 13.5. The number of furan rings is 1. The number of nitrogens with one attached hydrogen (secondary N) is 2. The Hall–Kier alpha value is -1.64. The van der Waals surface area contributed by atoms with Gasteiger partial charge in [0.1, 0.15) is 0 Å². The number of carbonyl (C=O) groups excluding carboxylic acids is 1. The fraction of sp³-hybridized carbons (Fsp3) is 0. The van der Waals surface area contributed by atoms with Crippen molar-refractivity contribution in [3.8, 4) is 0 Å². The first-order chi connectivity index (χ1) is 8.99. The van der Waals surface area contributed by atoms with Gasteiger partial charge in [0.2, 0.25) is 0 Å². The maximum Gasteiger partial charge on any atom is 0.301 e. The number of hydrogen-bond acceptors (Lipinski definition) is 4. The highest BCUT2D eigenvalue weighted by Gasteiger charge is 2.16. The maximum atomic E-state index is 11.8. The molecule has 0 fully saturated rings. The maximum absolute atomic E-state index is 11.8. The molecule has 2 rings (SSSR count). The van der Waals surface area contributed by atoms with Crippen LogP contribution in [0, 0.1) is 0 Å². The van der Waals surface area contributed by atoms with Crippen LogP contribution in [0.4, 0.5) is 0 Å². The van der Waals surface area contributed by atoms with Crippen LogP contribution in [0.3, 0.4) is 0 Å². The molecule has 1 amide bonds. The zero-order chi connectivity index (χ0) is 13.9. The number of halogens is 1. The summed E-state index contributed by atoms with van der Waals surface area (Å²) in [6, 6.07) is 8.93. The van der Waals surface area contributed by atoms with Crippen LogP contribution in [-0.4, -0.2) is 14.3 Å². The van der Waals surface area contributed by atoms with Crippen LogP contribution in [0.1, 0.15) is 10.6 Å². The molecule has 0 radical (unpaired) electrons. The molecular formula is C11H9BrN2O4S. The molecule has 100 valence electrons. The topological polar surface area (TPSA) is 88.4 Å². The van der Waals surface area contributed by atoms with E-state index in [9.17, 15) is 13.2 Å². The lowest BCUT2D eigenvalue weighted by Crippen LogP contribution is -2.41. The van der Waals surface area contributed by atoms with E-state index in [1.54, 1.807) is 12.1 Å². The first-order valence-corrected chi connectivity index (χ1v) is 7.38. The van der Waals surface area contributed by atoms with E-state index in [-0.39, 0.29) is 10.7 Å². The normalized spacial score (nSPS) is 11.2. The minimum atomic E-state index is -3.81. The third-order valence-electron chi connectivity index (χ3n) is 2.17. The van der Waals surface area contributed by atoms with Gasteiger partial charge in [-0.3, -0.25) is 10.2 Å². The van der Waals surface area contributed by atoms with E-state index in [4.69, 9.17) is 4.42 Å². The molecule has 8 heteroatoms. The summed E-state index contributed by atoms with van der Waals surface area (Å²) in [6.07, 6.45) is 1.32. The summed E-state index contributed by atoms with van der Waals surface area (Å²) < 4.78 is 29.3. The van der Waals surface area contributed by atoms with Gasteiger partial charge >= 0.3 is 5.91 Å². The van der Waals surface area contributed by atoms with Crippen molar-refractivity contribution >= 4 is 31.9 Å². The zero-order valence-electron chi connectivity index (χ0n) is 9.46. The highest BCUT2D eigenvalue weighted by atomic mass is 79.9. The molecule has 0 saturated heterocycles. The van der Waals surface area contributed by atoms with E-state index >= 15 is 0 Å². The summed E-state index contributed by atoms with van der Waals surface area (Å²) in [5, 5.41) is 0. The number of sulfonamides is 1. The quantitative estimate of drug-likeness (QED) is 0.825. The van der Waals surface area contributed by atoms with Gasteiger partial charge in [0.25, 0.3) is 10.0 Å². The molecule has 0 unspecified atom stereocenters. The second-order valence-electron chi connectivity index (χ2n) is 3.49. The average molecular weight is 345 g/mol.